The number of halogens is 3. The maximum Gasteiger partial charge on any atom is 0.261 e. The molecular weight excluding hydrogens is 552 g/mol. The Kier molecular flexibility index (Phi) is 8.83. The van der Waals surface area contributed by atoms with Crippen molar-refractivity contribution in [3.05, 3.63) is 82.6 Å². The Morgan fingerprint density at radius 1 is 0.944 bits per heavy atom. The molecule has 36 heavy (non-hydrogen) atoms. The number of anilines is 3. The minimum atomic E-state index is -3.96. The lowest BCUT2D eigenvalue weighted by Crippen LogP contribution is -2.31. The zero-order chi connectivity index (χ0) is 26.5. The number of nitrogens with zero attached hydrogens (tertiary/aromatic N) is 1. The molecule has 0 fully saturated rings. The highest BCUT2D eigenvalue weighted by Crippen LogP contribution is 2.31. The largest absolute Gasteiger partial charge is 0.326 e. The summed E-state index contributed by atoms with van der Waals surface area (Å²) < 4.78 is 66.1. The van der Waals surface area contributed by atoms with Crippen LogP contribution in [0.4, 0.5) is 21.5 Å². The van der Waals surface area contributed by atoms with E-state index in [4.69, 9.17) is 23.2 Å². The average Bonchev–Trinajstić information content (AvgIpc) is 2.80. The van der Waals surface area contributed by atoms with Crippen LogP contribution in [-0.2, 0) is 24.8 Å². The Labute approximate surface area is 219 Å². The molecule has 0 unspecified atom stereocenters. The fourth-order valence-electron chi connectivity index (χ4n) is 3.20. The normalized spacial score (nSPS) is 11.7. The summed E-state index contributed by atoms with van der Waals surface area (Å²) in [5.74, 6) is -0.878. The molecule has 0 aliphatic heterocycles. The highest BCUT2D eigenvalue weighted by atomic mass is 35.5. The maximum atomic E-state index is 13.2. The van der Waals surface area contributed by atoms with Crippen LogP contribution in [0, 0.1) is 5.82 Å². The maximum absolute atomic E-state index is 13.2. The van der Waals surface area contributed by atoms with Crippen molar-refractivity contribution < 1.29 is 26.0 Å². The zero-order valence-electron chi connectivity index (χ0n) is 18.9. The van der Waals surface area contributed by atoms with Crippen LogP contribution in [0.15, 0.2) is 71.6 Å². The van der Waals surface area contributed by atoms with E-state index >= 15 is 0 Å². The lowest BCUT2D eigenvalue weighted by Gasteiger charge is -2.22. The van der Waals surface area contributed by atoms with Crippen molar-refractivity contribution in [3.63, 3.8) is 0 Å². The van der Waals surface area contributed by atoms with Crippen LogP contribution in [0.5, 0.6) is 0 Å². The molecule has 13 heteroatoms. The van der Waals surface area contributed by atoms with Crippen LogP contribution >= 0.6 is 23.2 Å². The molecule has 8 nitrogen and oxygen atoms in total. The van der Waals surface area contributed by atoms with Gasteiger partial charge in [-0.3, -0.25) is 13.8 Å². The summed E-state index contributed by atoms with van der Waals surface area (Å²) in [6, 6.07) is 15.0. The molecule has 0 saturated carbocycles. The van der Waals surface area contributed by atoms with Crippen LogP contribution in [0.2, 0.25) is 10.0 Å². The third kappa shape index (κ3) is 7.33. The SMILES string of the molecule is CS(=O)(=O)N(CCCC(=O)Nc1ccc(S(=O)(=O)Nc2cccc(Cl)c2Cl)cc1)c1ccc(F)cc1. The topological polar surface area (TPSA) is 113 Å². The van der Waals surface area contributed by atoms with E-state index in [1.807, 2.05) is 0 Å². The molecular formula is C23H22Cl2FN3O5S2. The number of sulfonamides is 2. The number of carbonyl (C=O) groups is 1. The predicted molar refractivity (Wildman–Crippen MR) is 140 cm³/mol. The molecule has 0 aliphatic rings. The second kappa shape index (κ2) is 11.5. The molecule has 3 aromatic carbocycles. The first-order valence-electron chi connectivity index (χ1n) is 10.5. The smallest absolute Gasteiger partial charge is 0.261 e. The van der Waals surface area contributed by atoms with Crippen LogP contribution in [0.25, 0.3) is 0 Å². The lowest BCUT2D eigenvalue weighted by atomic mass is 10.2. The first-order chi connectivity index (χ1) is 16.9. The fraction of sp³-hybridized carbons (Fsp3) is 0.174. The second-order valence-electron chi connectivity index (χ2n) is 7.69. The summed E-state index contributed by atoms with van der Waals surface area (Å²) in [5, 5.41) is 2.91. The highest BCUT2D eigenvalue weighted by Gasteiger charge is 2.19. The fourth-order valence-corrected chi connectivity index (χ4v) is 5.65. The molecule has 0 spiro atoms. The molecule has 0 saturated heterocycles. The van der Waals surface area contributed by atoms with E-state index in [0.29, 0.717) is 11.4 Å². The molecule has 2 N–H and O–H groups in total. The first-order valence-corrected chi connectivity index (χ1v) is 14.6. The van der Waals surface area contributed by atoms with Crippen molar-refractivity contribution in [2.75, 3.05) is 27.1 Å². The third-order valence-electron chi connectivity index (χ3n) is 4.92. The minimum Gasteiger partial charge on any atom is -0.326 e. The zero-order valence-corrected chi connectivity index (χ0v) is 22.1. The third-order valence-corrected chi connectivity index (χ3v) is 8.32. The Morgan fingerprint density at radius 2 is 1.58 bits per heavy atom. The Hall–Kier alpha value is -2.86. The number of amides is 1. The molecule has 3 aromatic rings. The van der Waals surface area contributed by atoms with Crippen molar-refractivity contribution in [2.24, 2.45) is 0 Å². The van der Waals surface area contributed by atoms with Crippen LogP contribution in [0.1, 0.15) is 12.8 Å². The van der Waals surface area contributed by atoms with Crippen LogP contribution in [-0.4, -0.2) is 35.5 Å². The molecule has 3 rings (SSSR count). The summed E-state index contributed by atoms with van der Waals surface area (Å²) in [4.78, 5) is 12.3. The van der Waals surface area contributed by atoms with E-state index in [1.165, 1.54) is 48.5 Å². The van der Waals surface area contributed by atoms with E-state index in [1.54, 1.807) is 6.07 Å². The van der Waals surface area contributed by atoms with E-state index < -0.39 is 25.9 Å². The number of rotatable bonds is 10. The van der Waals surface area contributed by atoms with Crippen molar-refractivity contribution >= 4 is 66.2 Å². The summed E-state index contributed by atoms with van der Waals surface area (Å²) in [6.45, 7) is 0.0206. The average molecular weight is 574 g/mol. The van der Waals surface area contributed by atoms with Gasteiger partial charge < -0.3 is 5.32 Å². The quantitative estimate of drug-likeness (QED) is 0.349. The van der Waals surface area contributed by atoms with Gasteiger partial charge in [-0.1, -0.05) is 29.3 Å². The lowest BCUT2D eigenvalue weighted by molar-refractivity contribution is -0.116. The highest BCUT2D eigenvalue weighted by molar-refractivity contribution is 7.92. The van der Waals surface area contributed by atoms with Gasteiger partial charge in [0.2, 0.25) is 15.9 Å². The number of hydrogen-bond acceptors (Lipinski definition) is 5. The Bertz CT molecular complexity index is 1450. The van der Waals surface area contributed by atoms with E-state index in [9.17, 15) is 26.0 Å². The summed E-state index contributed by atoms with van der Waals surface area (Å²) in [6.07, 6.45) is 1.23. The molecule has 0 aliphatic carbocycles. The standard InChI is InChI=1S/C23H22Cl2FN3O5S2/c1-35(31,32)29(18-11-7-16(26)8-12-18)15-3-6-22(30)27-17-9-13-19(14-10-17)36(33,34)28-21-5-2-4-20(24)23(21)25/h2,4-5,7-14,28H,3,6,15H2,1H3,(H,27,30). The molecule has 192 valence electrons. The monoisotopic (exact) mass is 573 g/mol. The Morgan fingerprint density at radius 3 is 2.19 bits per heavy atom. The van der Waals surface area contributed by atoms with Gasteiger partial charge in [-0.05, 0) is 67.1 Å². The molecule has 0 atom stereocenters. The van der Waals surface area contributed by atoms with Gasteiger partial charge in [-0.25, -0.2) is 21.2 Å². The number of benzene rings is 3. The Balaban J connectivity index is 1.58. The summed E-state index contributed by atoms with van der Waals surface area (Å²) >= 11 is 12.0. The van der Waals surface area contributed by atoms with Crippen LogP contribution < -0.4 is 14.3 Å². The van der Waals surface area contributed by atoms with Gasteiger partial charge in [0.05, 0.1) is 32.6 Å². The van der Waals surface area contributed by atoms with Crippen LogP contribution in [0.3, 0.4) is 0 Å². The van der Waals surface area contributed by atoms with Crippen molar-refractivity contribution in [2.45, 2.75) is 17.7 Å². The predicted octanol–water partition coefficient (Wildman–Crippen LogP) is 5.12. The van der Waals surface area contributed by atoms with Gasteiger partial charge in [-0.15, -0.1) is 0 Å². The van der Waals surface area contributed by atoms with Crippen molar-refractivity contribution in [3.8, 4) is 0 Å². The van der Waals surface area contributed by atoms with Gasteiger partial charge in [-0.2, -0.15) is 0 Å². The van der Waals surface area contributed by atoms with E-state index in [-0.39, 0.29) is 45.9 Å². The van der Waals surface area contributed by atoms with E-state index in [2.05, 4.69) is 10.0 Å². The molecule has 0 bridgehead atoms. The second-order valence-corrected chi connectivity index (χ2v) is 12.1. The summed E-state index contributed by atoms with van der Waals surface area (Å²) in [5.41, 5.74) is 0.785. The molecule has 0 heterocycles. The molecule has 1 amide bonds. The number of carbonyl (C=O) groups excluding carboxylic acids is 1. The van der Waals surface area contributed by atoms with Gasteiger partial charge in [0.1, 0.15) is 5.82 Å². The van der Waals surface area contributed by atoms with Crippen molar-refractivity contribution in [1.29, 1.82) is 0 Å². The summed E-state index contributed by atoms with van der Waals surface area (Å²) in [7, 11) is -7.59. The van der Waals surface area contributed by atoms with Gasteiger partial charge in [0.15, 0.2) is 0 Å². The number of nitrogens with one attached hydrogen (secondary N) is 2. The first kappa shape index (κ1) is 27.7. The molecule has 0 aromatic heterocycles. The minimum absolute atomic E-state index is 0.00207. The van der Waals surface area contributed by atoms with Gasteiger partial charge in [0, 0.05) is 18.7 Å². The van der Waals surface area contributed by atoms with E-state index in [0.717, 1.165) is 22.7 Å². The number of hydrogen-bond donors (Lipinski definition) is 2. The van der Waals surface area contributed by atoms with Gasteiger partial charge >= 0.3 is 0 Å². The van der Waals surface area contributed by atoms with Gasteiger partial charge in [0.25, 0.3) is 10.0 Å². The van der Waals surface area contributed by atoms with Crippen molar-refractivity contribution in [1.82, 2.24) is 0 Å². The molecule has 0 radical (unpaired) electrons.